The predicted molar refractivity (Wildman–Crippen MR) is 123 cm³/mol. The van der Waals surface area contributed by atoms with Gasteiger partial charge in [-0.15, -0.1) is 0 Å². The van der Waals surface area contributed by atoms with E-state index in [0.717, 1.165) is 14.1 Å². The van der Waals surface area contributed by atoms with Gasteiger partial charge in [0.1, 0.15) is 0 Å². The van der Waals surface area contributed by atoms with E-state index in [4.69, 9.17) is 0 Å². The summed E-state index contributed by atoms with van der Waals surface area (Å²) in [6.07, 6.45) is -9.84. The number of hydrogen-bond acceptors (Lipinski definition) is 4. The molecule has 0 saturated heterocycles. The Balaban J connectivity index is 7.22. The molecular formula is C22H21F25N2O4S. The van der Waals surface area contributed by atoms with Crippen molar-refractivity contribution in [2.24, 2.45) is 0 Å². The molecule has 0 N–H and O–H groups in total. The van der Waals surface area contributed by atoms with Crippen LogP contribution in [0.1, 0.15) is 19.8 Å². The maximum Gasteiger partial charge on any atom is 0.460 e. The largest absolute Gasteiger partial charge is 0.550 e. The van der Waals surface area contributed by atoms with Crippen LogP contribution in [0.3, 0.4) is 0 Å². The van der Waals surface area contributed by atoms with Gasteiger partial charge in [-0.25, -0.2) is 8.42 Å². The zero-order chi connectivity index (χ0) is 44.4. The Morgan fingerprint density at radius 3 is 1.06 bits per heavy atom. The summed E-state index contributed by atoms with van der Waals surface area (Å²) in [4.78, 5) is 10.6. The number of carbonyl (C=O) groups is 1. The molecule has 0 aromatic carbocycles. The highest BCUT2D eigenvalue weighted by Crippen LogP contribution is 2.68. The molecule has 54 heavy (non-hydrogen) atoms. The molecule has 0 bridgehead atoms. The van der Waals surface area contributed by atoms with Gasteiger partial charge in [0.25, 0.3) is 10.0 Å². The molecule has 0 heterocycles. The third-order valence-corrected chi connectivity index (χ3v) is 9.40. The van der Waals surface area contributed by atoms with Gasteiger partial charge in [0.05, 0.1) is 27.2 Å². The normalized spacial score (nSPS) is 16.3. The first-order chi connectivity index (χ1) is 23.1. The molecule has 0 radical (unpaired) electrons. The summed E-state index contributed by atoms with van der Waals surface area (Å²) in [7, 11) is -5.41. The van der Waals surface area contributed by atoms with Crippen LogP contribution in [-0.2, 0) is 14.8 Å². The van der Waals surface area contributed by atoms with Crippen LogP contribution in [0.25, 0.3) is 0 Å². The summed E-state index contributed by atoms with van der Waals surface area (Å²) in [6.45, 7) is -3.63. The van der Waals surface area contributed by atoms with Crippen LogP contribution in [0.5, 0.6) is 0 Å². The minimum Gasteiger partial charge on any atom is -0.550 e. The van der Waals surface area contributed by atoms with Crippen molar-refractivity contribution >= 4 is 16.0 Å². The highest BCUT2D eigenvalue weighted by Gasteiger charge is 3.00. The highest BCUT2D eigenvalue weighted by molar-refractivity contribution is 7.90. The molecule has 324 valence electrons. The lowest BCUT2D eigenvalue weighted by Gasteiger charge is -2.45. The van der Waals surface area contributed by atoms with Crippen molar-refractivity contribution in [3.8, 4) is 0 Å². The first-order valence-corrected chi connectivity index (χ1v) is 14.8. The minimum atomic E-state index is -9.77. The molecule has 0 spiro atoms. The van der Waals surface area contributed by atoms with Crippen molar-refractivity contribution in [2.75, 3.05) is 40.3 Å². The van der Waals surface area contributed by atoms with E-state index in [2.05, 4.69) is 0 Å². The number of sulfonamides is 1. The van der Waals surface area contributed by atoms with Crippen LogP contribution < -0.4 is 5.11 Å². The number of carboxylic acid groups (broad SMARTS) is 1. The molecule has 0 fully saturated rings. The van der Waals surface area contributed by atoms with Gasteiger partial charge in [0.15, 0.2) is 0 Å². The zero-order valence-electron chi connectivity index (χ0n) is 26.1. The van der Waals surface area contributed by atoms with E-state index in [9.17, 15) is 128 Å². The number of aliphatic carboxylic acids is 1. The Morgan fingerprint density at radius 2 is 0.796 bits per heavy atom. The van der Waals surface area contributed by atoms with Gasteiger partial charge in [0.2, 0.25) is 0 Å². The number of hydrogen-bond donors (Lipinski definition) is 0. The molecule has 0 unspecified atom stereocenters. The Bertz CT molecular complexity index is 1460. The Labute approximate surface area is 284 Å². The number of rotatable bonds is 20. The standard InChI is InChI=1S/C22H21F25N2O4S/c1-4-48(7-5-8-49(2,3)9-6-10(50)51)54(52,53)22(46,47)20(41,42)18(37,38)16(33,34)14(29,30)12(25,26)11(23,24)13(27,28)15(31,32)17(35,36)19(39,40)21(43,44)45/h4-9H2,1-3H3. The SMILES string of the molecule is CCN(CCC[N+](C)(C)CCC(=O)[O-])S(=O)(=O)C(F)(F)C(F)(F)C(F)(F)C(F)(F)C(F)(F)C(F)(F)C(F)(F)C(F)(F)C(F)(F)C(F)(F)C(F)(F)C(F)(F)F. The second-order valence-corrected chi connectivity index (χ2v) is 13.6. The number of carbonyl (C=O) groups excluding carboxylic acids is 1. The van der Waals surface area contributed by atoms with E-state index in [1.165, 1.54) is 0 Å². The second kappa shape index (κ2) is 14.2. The average Bonchev–Trinajstić information content (AvgIpc) is 2.96. The van der Waals surface area contributed by atoms with Crippen LogP contribution in [0.4, 0.5) is 110 Å². The Hall–Kier alpha value is -2.41. The highest BCUT2D eigenvalue weighted by atomic mass is 32.2. The number of carboxylic acids is 1. The van der Waals surface area contributed by atoms with Crippen molar-refractivity contribution in [3.63, 3.8) is 0 Å². The molecule has 0 atom stereocenters. The van der Waals surface area contributed by atoms with Crippen molar-refractivity contribution < 1.29 is 133 Å². The first kappa shape index (κ1) is 51.6. The number of alkyl halides is 25. The van der Waals surface area contributed by atoms with Crippen molar-refractivity contribution in [2.45, 2.75) is 90.4 Å². The molecule has 0 aromatic rings. The lowest BCUT2D eigenvalue weighted by Crippen LogP contribution is -2.78. The van der Waals surface area contributed by atoms with Crippen LogP contribution in [-0.4, -0.2) is 134 Å². The van der Waals surface area contributed by atoms with Crippen LogP contribution >= 0.6 is 0 Å². The summed E-state index contributed by atoms with van der Waals surface area (Å²) < 4.78 is 365. The fourth-order valence-electron chi connectivity index (χ4n) is 3.89. The molecule has 0 aliphatic rings. The smallest absolute Gasteiger partial charge is 0.460 e. The average molecular weight is 884 g/mol. The van der Waals surface area contributed by atoms with Gasteiger partial charge in [-0.05, 0) is 0 Å². The lowest BCUT2D eigenvalue weighted by atomic mass is 9.85. The molecule has 0 aliphatic carbocycles. The molecule has 0 saturated carbocycles. The third-order valence-electron chi connectivity index (χ3n) is 7.38. The van der Waals surface area contributed by atoms with E-state index >= 15 is 0 Å². The Kier molecular flexibility index (Phi) is 13.6. The monoisotopic (exact) mass is 884 g/mol. The molecular weight excluding hydrogens is 863 g/mol. The van der Waals surface area contributed by atoms with Gasteiger partial charge in [-0.3, -0.25) is 0 Å². The molecule has 6 nitrogen and oxygen atoms in total. The molecule has 32 heteroatoms. The molecule has 0 amide bonds. The lowest BCUT2D eigenvalue weighted by molar-refractivity contribution is -0.890. The minimum absolute atomic E-state index is 0.388. The second-order valence-electron chi connectivity index (χ2n) is 11.6. The third kappa shape index (κ3) is 7.31. The van der Waals surface area contributed by atoms with Crippen molar-refractivity contribution in [1.29, 1.82) is 0 Å². The molecule has 0 aromatic heterocycles. The van der Waals surface area contributed by atoms with E-state index in [-0.39, 0.29) is 6.54 Å². The summed E-state index contributed by atoms with van der Waals surface area (Å²) in [5, 5.41) is 2.57. The van der Waals surface area contributed by atoms with E-state index in [0.29, 0.717) is 6.92 Å². The van der Waals surface area contributed by atoms with Gasteiger partial charge in [-0.1, -0.05) is 6.92 Å². The first-order valence-electron chi connectivity index (χ1n) is 13.3. The maximum atomic E-state index is 14.6. The zero-order valence-corrected chi connectivity index (χ0v) is 26.9. The Morgan fingerprint density at radius 1 is 0.519 bits per heavy atom. The topological polar surface area (TPSA) is 77.5 Å². The van der Waals surface area contributed by atoms with Gasteiger partial charge in [-0.2, -0.15) is 114 Å². The fourth-order valence-corrected chi connectivity index (χ4v) is 5.38. The summed E-state index contributed by atoms with van der Waals surface area (Å²) in [5.74, 6) is -95.6. The van der Waals surface area contributed by atoms with Crippen molar-refractivity contribution in [1.82, 2.24) is 4.31 Å². The summed E-state index contributed by atoms with van der Waals surface area (Å²) >= 11 is 0. The maximum absolute atomic E-state index is 14.6. The summed E-state index contributed by atoms with van der Waals surface area (Å²) in [6, 6.07) is 0. The summed E-state index contributed by atoms with van der Waals surface area (Å²) in [5.41, 5.74) is 0. The van der Waals surface area contributed by atoms with Crippen LogP contribution in [0.15, 0.2) is 0 Å². The number of quaternary nitrogens is 1. The quantitative estimate of drug-likeness (QED) is 0.100. The van der Waals surface area contributed by atoms with E-state index in [1.54, 1.807) is 0 Å². The fraction of sp³-hybridized carbons (Fsp3) is 0.955. The van der Waals surface area contributed by atoms with Gasteiger partial charge >= 0.3 is 70.7 Å². The van der Waals surface area contributed by atoms with Crippen LogP contribution in [0.2, 0.25) is 0 Å². The van der Waals surface area contributed by atoms with Gasteiger partial charge in [0, 0.05) is 31.9 Å². The number of halogens is 25. The predicted octanol–water partition coefficient (Wildman–Crippen LogP) is 6.75. The van der Waals surface area contributed by atoms with E-state index < -0.39 is 128 Å². The van der Waals surface area contributed by atoms with Gasteiger partial charge < -0.3 is 14.4 Å². The molecule has 0 aliphatic heterocycles. The van der Waals surface area contributed by atoms with Crippen molar-refractivity contribution in [3.05, 3.63) is 0 Å². The van der Waals surface area contributed by atoms with Crippen LogP contribution in [0, 0.1) is 0 Å². The number of nitrogens with zero attached hydrogens (tertiary/aromatic N) is 2. The molecule has 0 rings (SSSR count). The van der Waals surface area contributed by atoms with E-state index in [1.807, 2.05) is 0 Å².